The van der Waals surface area contributed by atoms with Crippen LogP contribution in [0.3, 0.4) is 0 Å². The number of nitrogens with zero attached hydrogens (tertiary/aromatic N) is 1. The lowest BCUT2D eigenvalue weighted by molar-refractivity contribution is -0.128. The number of carbonyl (C=O) groups excluding carboxylic acids is 1. The Labute approximate surface area is 199 Å². The van der Waals surface area contributed by atoms with Crippen LogP contribution in [0.1, 0.15) is 40.2 Å². The molecule has 0 bridgehead atoms. The zero-order chi connectivity index (χ0) is 23.8. The Morgan fingerprint density at radius 1 is 0.970 bits per heavy atom. The van der Waals surface area contributed by atoms with Crippen molar-refractivity contribution < 1.29 is 9.53 Å². The average molecular weight is 462 g/mol. The number of benzene rings is 3. The highest BCUT2D eigenvalue weighted by Gasteiger charge is 2.30. The van der Waals surface area contributed by atoms with Gasteiger partial charge in [-0.3, -0.25) is 4.79 Å². The second kappa shape index (κ2) is 8.56. The zero-order valence-corrected chi connectivity index (χ0v) is 20.2. The minimum absolute atomic E-state index is 0.0531. The third kappa shape index (κ3) is 5.04. The number of fused-ring (bicyclic) bond motifs is 1. The van der Waals surface area contributed by atoms with Crippen LogP contribution in [0.2, 0.25) is 5.02 Å². The van der Waals surface area contributed by atoms with E-state index in [4.69, 9.17) is 16.3 Å². The Morgan fingerprint density at radius 3 is 2.33 bits per heavy atom. The maximum atomic E-state index is 13.0. The molecule has 0 unspecified atom stereocenters. The number of ether oxygens (including phenoxy) is 1. The van der Waals surface area contributed by atoms with Gasteiger partial charge in [0.1, 0.15) is 11.6 Å². The van der Waals surface area contributed by atoms with Crippen molar-refractivity contribution in [1.82, 2.24) is 9.97 Å². The number of carbonyl (C=O) groups is 1. The van der Waals surface area contributed by atoms with Crippen molar-refractivity contribution in [1.29, 1.82) is 0 Å². The van der Waals surface area contributed by atoms with Gasteiger partial charge >= 0.3 is 0 Å². The summed E-state index contributed by atoms with van der Waals surface area (Å²) in [6, 6.07) is 21.0. The van der Waals surface area contributed by atoms with Gasteiger partial charge in [-0.05, 0) is 67.3 Å². The van der Waals surface area contributed by atoms with E-state index in [0.717, 1.165) is 11.0 Å². The summed E-state index contributed by atoms with van der Waals surface area (Å²) in [7, 11) is 0. The maximum Gasteiger partial charge on any atom is 0.267 e. The van der Waals surface area contributed by atoms with E-state index < -0.39 is 5.60 Å². The summed E-state index contributed by atoms with van der Waals surface area (Å²) in [5, 5.41) is 3.49. The average Bonchev–Trinajstić information content (AvgIpc) is 3.18. The van der Waals surface area contributed by atoms with Gasteiger partial charge in [0.2, 0.25) is 0 Å². The van der Waals surface area contributed by atoms with Gasteiger partial charge in [-0.25, -0.2) is 4.98 Å². The number of halogens is 1. The lowest BCUT2D eigenvalue weighted by atomic mass is 9.87. The molecule has 170 valence electrons. The van der Waals surface area contributed by atoms with Crippen LogP contribution in [0, 0.1) is 0 Å². The van der Waals surface area contributed by atoms with E-state index >= 15 is 0 Å². The predicted molar refractivity (Wildman–Crippen MR) is 135 cm³/mol. The molecule has 2 N–H and O–H groups in total. The van der Waals surface area contributed by atoms with Crippen molar-refractivity contribution in [2.75, 3.05) is 5.32 Å². The highest BCUT2D eigenvalue weighted by atomic mass is 35.5. The molecule has 4 aromatic rings. The van der Waals surface area contributed by atoms with Gasteiger partial charge in [-0.15, -0.1) is 0 Å². The SMILES string of the molecule is CC(C)(Oc1ccc(C(C)(C)C)cc1)C(=O)Nc1ccc(Cl)c(-c2nc3ccccc3[nH]2)c1. The van der Waals surface area contributed by atoms with E-state index in [1.54, 1.807) is 26.0 Å². The molecular weight excluding hydrogens is 434 g/mol. The summed E-state index contributed by atoms with van der Waals surface area (Å²) in [5.74, 6) is 1.02. The van der Waals surface area contributed by atoms with Crippen LogP contribution in [-0.2, 0) is 10.2 Å². The zero-order valence-electron chi connectivity index (χ0n) is 19.5. The molecule has 4 rings (SSSR count). The van der Waals surface area contributed by atoms with Crippen molar-refractivity contribution in [3.8, 4) is 17.1 Å². The number of rotatable bonds is 5. The highest BCUT2D eigenvalue weighted by Crippen LogP contribution is 2.31. The number of H-pyrrole nitrogens is 1. The standard InChI is InChI=1S/C27H28ClN3O2/c1-26(2,3)17-10-13-19(14-11-17)33-27(4,5)25(32)29-18-12-15-21(28)20(16-18)24-30-22-8-6-7-9-23(22)31-24/h6-16H,1-5H3,(H,29,32)(H,30,31). The number of nitrogens with one attached hydrogen (secondary N) is 2. The summed E-state index contributed by atoms with van der Waals surface area (Å²) < 4.78 is 6.03. The first-order valence-corrected chi connectivity index (χ1v) is 11.3. The van der Waals surface area contributed by atoms with Gasteiger partial charge in [-0.2, -0.15) is 0 Å². The summed E-state index contributed by atoms with van der Waals surface area (Å²) >= 11 is 6.44. The van der Waals surface area contributed by atoms with Crippen molar-refractivity contribution in [3.63, 3.8) is 0 Å². The third-order valence-electron chi connectivity index (χ3n) is 5.51. The third-order valence-corrected chi connectivity index (χ3v) is 5.84. The molecule has 0 aliphatic heterocycles. The Morgan fingerprint density at radius 2 is 1.67 bits per heavy atom. The van der Waals surface area contributed by atoms with Crippen LogP contribution in [0.25, 0.3) is 22.4 Å². The highest BCUT2D eigenvalue weighted by molar-refractivity contribution is 6.33. The number of aromatic amines is 1. The second-order valence-electron chi connectivity index (χ2n) is 9.64. The summed E-state index contributed by atoms with van der Waals surface area (Å²) in [6.45, 7) is 9.97. The number of imidazole rings is 1. The first-order chi connectivity index (χ1) is 15.5. The fourth-order valence-corrected chi connectivity index (χ4v) is 3.72. The fraction of sp³-hybridized carbons (Fsp3) is 0.259. The molecule has 1 heterocycles. The number of para-hydroxylation sites is 2. The first kappa shape index (κ1) is 22.9. The summed E-state index contributed by atoms with van der Waals surface area (Å²) in [5.41, 5.74) is 3.27. The second-order valence-corrected chi connectivity index (χ2v) is 10.0. The molecule has 6 heteroatoms. The van der Waals surface area contributed by atoms with E-state index in [2.05, 4.69) is 36.1 Å². The van der Waals surface area contributed by atoms with Gasteiger partial charge in [0.05, 0.1) is 16.1 Å². The van der Waals surface area contributed by atoms with Gasteiger partial charge in [0.15, 0.2) is 5.60 Å². The largest absolute Gasteiger partial charge is 0.478 e. The molecule has 3 aromatic carbocycles. The maximum absolute atomic E-state index is 13.0. The molecule has 0 atom stereocenters. The number of hydrogen-bond acceptors (Lipinski definition) is 3. The first-order valence-electron chi connectivity index (χ1n) is 10.9. The van der Waals surface area contributed by atoms with Crippen LogP contribution in [0.4, 0.5) is 5.69 Å². The molecule has 5 nitrogen and oxygen atoms in total. The van der Waals surface area contributed by atoms with Crippen molar-refractivity contribution in [2.45, 2.75) is 45.6 Å². The number of hydrogen-bond donors (Lipinski definition) is 2. The van der Waals surface area contributed by atoms with Gasteiger partial charge in [0.25, 0.3) is 5.91 Å². The van der Waals surface area contributed by atoms with E-state index in [1.165, 1.54) is 5.56 Å². The molecule has 0 fully saturated rings. The van der Waals surface area contributed by atoms with E-state index in [1.807, 2.05) is 54.6 Å². The summed E-state index contributed by atoms with van der Waals surface area (Å²) in [4.78, 5) is 20.9. The molecule has 0 saturated heterocycles. The molecule has 1 amide bonds. The van der Waals surface area contributed by atoms with E-state index in [0.29, 0.717) is 27.8 Å². The van der Waals surface area contributed by atoms with Crippen LogP contribution in [0.15, 0.2) is 66.7 Å². The Bertz CT molecular complexity index is 1270. The molecule has 1 aromatic heterocycles. The van der Waals surface area contributed by atoms with Gasteiger partial charge in [0, 0.05) is 11.3 Å². The van der Waals surface area contributed by atoms with E-state index in [9.17, 15) is 4.79 Å². The minimum atomic E-state index is -1.08. The lowest BCUT2D eigenvalue weighted by Crippen LogP contribution is -2.42. The number of anilines is 1. The quantitative estimate of drug-likeness (QED) is 0.337. The molecule has 0 aliphatic rings. The number of amides is 1. The van der Waals surface area contributed by atoms with Crippen LogP contribution in [0.5, 0.6) is 5.75 Å². The normalized spacial score (nSPS) is 12.1. The van der Waals surface area contributed by atoms with Crippen LogP contribution >= 0.6 is 11.6 Å². The molecule has 0 saturated carbocycles. The smallest absolute Gasteiger partial charge is 0.267 e. The Kier molecular flexibility index (Phi) is 5.93. The van der Waals surface area contributed by atoms with Crippen molar-refractivity contribution in [3.05, 3.63) is 77.3 Å². The molecular formula is C27H28ClN3O2. The fourth-order valence-electron chi connectivity index (χ4n) is 3.51. The molecule has 33 heavy (non-hydrogen) atoms. The van der Waals surface area contributed by atoms with Crippen LogP contribution in [-0.4, -0.2) is 21.5 Å². The van der Waals surface area contributed by atoms with Gasteiger partial charge < -0.3 is 15.0 Å². The van der Waals surface area contributed by atoms with E-state index in [-0.39, 0.29) is 11.3 Å². The number of aromatic nitrogens is 2. The predicted octanol–water partition coefficient (Wildman–Crippen LogP) is 6.98. The molecule has 0 radical (unpaired) electrons. The lowest BCUT2D eigenvalue weighted by Gasteiger charge is -2.26. The molecule has 0 aliphatic carbocycles. The topological polar surface area (TPSA) is 67.0 Å². The van der Waals surface area contributed by atoms with Crippen LogP contribution < -0.4 is 10.1 Å². The Hall–Kier alpha value is -3.31. The molecule has 0 spiro atoms. The van der Waals surface area contributed by atoms with Crippen molar-refractivity contribution >= 4 is 34.2 Å². The minimum Gasteiger partial charge on any atom is -0.478 e. The summed E-state index contributed by atoms with van der Waals surface area (Å²) in [6.07, 6.45) is 0. The van der Waals surface area contributed by atoms with Gasteiger partial charge in [-0.1, -0.05) is 56.6 Å². The monoisotopic (exact) mass is 461 g/mol. The Balaban J connectivity index is 1.52. The van der Waals surface area contributed by atoms with Crippen molar-refractivity contribution in [2.24, 2.45) is 0 Å².